The topological polar surface area (TPSA) is 46.2 Å². The molecule has 0 spiro atoms. The molecule has 14 heavy (non-hydrogen) atoms. The van der Waals surface area contributed by atoms with Gasteiger partial charge in [0.1, 0.15) is 0 Å². The highest BCUT2D eigenvalue weighted by Gasteiger charge is 2.28. The van der Waals surface area contributed by atoms with Gasteiger partial charge in [-0.15, -0.1) is 0 Å². The van der Waals surface area contributed by atoms with Gasteiger partial charge in [-0.25, -0.2) is 8.42 Å². The average Bonchev–Trinajstić information content (AvgIpc) is 2.01. The predicted octanol–water partition coefficient (Wildman–Crippen LogP) is 1.57. The van der Waals surface area contributed by atoms with Crippen LogP contribution in [-0.4, -0.2) is 36.8 Å². The third-order valence-corrected chi connectivity index (χ3v) is 5.61. The van der Waals surface area contributed by atoms with Gasteiger partial charge in [0.2, 0.25) is 0 Å². The van der Waals surface area contributed by atoms with Crippen molar-refractivity contribution < 1.29 is 8.42 Å². The van der Waals surface area contributed by atoms with E-state index in [4.69, 9.17) is 0 Å². The van der Waals surface area contributed by atoms with Crippen molar-refractivity contribution in [3.63, 3.8) is 0 Å². The molecule has 0 amide bonds. The molecular weight excluding hydrogens is 266 g/mol. The summed E-state index contributed by atoms with van der Waals surface area (Å²) in [7, 11) is -2.98. The first kappa shape index (κ1) is 14.4. The number of sulfone groups is 1. The lowest BCUT2D eigenvalue weighted by Gasteiger charge is -2.20. The van der Waals surface area contributed by atoms with Crippen molar-refractivity contribution in [1.82, 2.24) is 5.32 Å². The summed E-state index contributed by atoms with van der Waals surface area (Å²) in [5.74, 6) is 0.202. The Morgan fingerprint density at radius 1 is 1.36 bits per heavy atom. The average molecular weight is 286 g/mol. The van der Waals surface area contributed by atoms with E-state index < -0.39 is 14.6 Å². The molecule has 0 saturated carbocycles. The smallest absolute Gasteiger partial charge is 0.156 e. The fraction of sp³-hybridized carbons (Fsp3) is 1.00. The van der Waals surface area contributed by atoms with Crippen molar-refractivity contribution in [2.75, 3.05) is 17.6 Å². The molecule has 1 atom stereocenters. The minimum Gasteiger partial charge on any atom is -0.312 e. The fourth-order valence-corrected chi connectivity index (χ4v) is 2.03. The Morgan fingerprint density at radius 2 is 1.86 bits per heavy atom. The molecule has 86 valence electrons. The predicted molar refractivity (Wildman–Crippen MR) is 64.8 cm³/mol. The van der Waals surface area contributed by atoms with Crippen molar-refractivity contribution in [2.24, 2.45) is 0 Å². The van der Waals surface area contributed by atoms with Gasteiger partial charge in [-0.1, -0.05) is 15.9 Å². The van der Waals surface area contributed by atoms with Crippen LogP contribution in [0.1, 0.15) is 27.7 Å². The minimum absolute atomic E-state index is 0.202. The van der Waals surface area contributed by atoms with Gasteiger partial charge in [0.15, 0.2) is 9.84 Å². The molecular formula is C9H20BrNO2S. The Hall–Kier alpha value is 0.390. The first-order valence-corrected chi connectivity index (χ1v) is 7.49. The number of hydrogen-bond acceptors (Lipinski definition) is 3. The molecule has 0 aliphatic rings. The van der Waals surface area contributed by atoms with Crippen LogP contribution in [0.3, 0.4) is 0 Å². The van der Waals surface area contributed by atoms with Gasteiger partial charge in [-0.05, 0) is 27.7 Å². The standard InChI is InChI=1S/C9H20BrNO2S/c1-8(7-10)11-5-6-14(12,13)9(2,3)4/h8,11H,5-7H2,1-4H3. The Balaban J connectivity index is 4.03. The molecule has 1 unspecified atom stereocenters. The molecule has 0 aromatic carbocycles. The van der Waals surface area contributed by atoms with Gasteiger partial charge in [0.25, 0.3) is 0 Å². The van der Waals surface area contributed by atoms with E-state index in [2.05, 4.69) is 21.2 Å². The summed E-state index contributed by atoms with van der Waals surface area (Å²) in [6, 6.07) is 0.310. The first-order chi connectivity index (χ1) is 6.20. The van der Waals surface area contributed by atoms with Gasteiger partial charge in [0.05, 0.1) is 10.5 Å². The van der Waals surface area contributed by atoms with Crippen molar-refractivity contribution in [3.05, 3.63) is 0 Å². The zero-order chi connectivity index (χ0) is 11.4. The van der Waals surface area contributed by atoms with Crippen LogP contribution in [0.5, 0.6) is 0 Å². The van der Waals surface area contributed by atoms with Crippen LogP contribution in [0, 0.1) is 0 Å². The van der Waals surface area contributed by atoms with Gasteiger partial charge in [0, 0.05) is 17.9 Å². The number of halogens is 1. The summed E-state index contributed by atoms with van der Waals surface area (Å²) in [6.07, 6.45) is 0. The highest BCUT2D eigenvalue weighted by molar-refractivity contribution is 9.09. The van der Waals surface area contributed by atoms with Crippen LogP contribution < -0.4 is 5.32 Å². The van der Waals surface area contributed by atoms with Gasteiger partial charge >= 0.3 is 0 Å². The Labute approximate surface area is 95.7 Å². The maximum Gasteiger partial charge on any atom is 0.156 e. The lowest BCUT2D eigenvalue weighted by Crippen LogP contribution is -2.37. The molecule has 1 N–H and O–H groups in total. The summed E-state index contributed by atoms with van der Waals surface area (Å²) in [4.78, 5) is 0. The third kappa shape index (κ3) is 4.75. The molecule has 0 aliphatic heterocycles. The molecule has 0 fully saturated rings. The number of nitrogens with one attached hydrogen (secondary N) is 1. The molecule has 0 saturated heterocycles. The number of rotatable bonds is 5. The van der Waals surface area contributed by atoms with Crippen LogP contribution in [-0.2, 0) is 9.84 Å². The zero-order valence-corrected chi connectivity index (χ0v) is 11.7. The van der Waals surface area contributed by atoms with Crippen LogP contribution in [0.25, 0.3) is 0 Å². The summed E-state index contributed by atoms with van der Waals surface area (Å²) < 4.78 is 22.7. The van der Waals surface area contributed by atoms with E-state index in [1.807, 2.05) is 6.92 Å². The van der Waals surface area contributed by atoms with Crippen LogP contribution in [0.4, 0.5) is 0 Å². The van der Waals surface area contributed by atoms with Crippen LogP contribution in [0.2, 0.25) is 0 Å². The summed E-state index contributed by atoms with van der Waals surface area (Å²) in [6.45, 7) is 7.73. The molecule has 0 aliphatic carbocycles. The first-order valence-electron chi connectivity index (χ1n) is 4.72. The summed E-state index contributed by atoms with van der Waals surface area (Å²) in [5.41, 5.74) is 0. The van der Waals surface area contributed by atoms with E-state index in [1.54, 1.807) is 20.8 Å². The van der Waals surface area contributed by atoms with Gasteiger partial charge in [-0.3, -0.25) is 0 Å². The lowest BCUT2D eigenvalue weighted by molar-refractivity contribution is 0.550. The molecule has 0 heterocycles. The maximum absolute atomic E-state index is 11.7. The summed E-state index contributed by atoms with van der Waals surface area (Å²) in [5, 5.41) is 3.97. The second kappa shape index (κ2) is 5.47. The minimum atomic E-state index is -2.98. The molecule has 5 heteroatoms. The number of alkyl halides is 1. The van der Waals surface area contributed by atoms with Crippen LogP contribution >= 0.6 is 15.9 Å². The van der Waals surface area contributed by atoms with E-state index >= 15 is 0 Å². The second-order valence-electron chi connectivity index (χ2n) is 4.44. The van der Waals surface area contributed by atoms with Gasteiger partial charge < -0.3 is 5.32 Å². The van der Waals surface area contributed by atoms with Crippen molar-refractivity contribution in [3.8, 4) is 0 Å². The molecule has 0 bridgehead atoms. The Kier molecular flexibility index (Phi) is 5.62. The van der Waals surface area contributed by atoms with Crippen LogP contribution in [0.15, 0.2) is 0 Å². The van der Waals surface area contributed by atoms with E-state index in [9.17, 15) is 8.42 Å². The molecule has 3 nitrogen and oxygen atoms in total. The number of hydrogen-bond donors (Lipinski definition) is 1. The largest absolute Gasteiger partial charge is 0.312 e. The quantitative estimate of drug-likeness (QED) is 0.780. The van der Waals surface area contributed by atoms with Crippen molar-refractivity contribution >= 4 is 25.8 Å². The highest BCUT2D eigenvalue weighted by atomic mass is 79.9. The van der Waals surface area contributed by atoms with E-state index in [-0.39, 0.29) is 5.75 Å². The Morgan fingerprint density at radius 3 is 2.21 bits per heavy atom. The SMILES string of the molecule is CC(CBr)NCCS(=O)(=O)C(C)(C)C. The zero-order valence-electron chi connectivity index (χ0n) is 9.30. The maximum atomic E-state index is 11.7. The van der Waals surface area contributed by atoms with Crippen molar-refractivity contribution in [2.45, 2.75) is 38.5 Å². The monoisotopic (exact) mass is 285 g/mol. The van der Waals surface area contributed by atoms with E-state index in [1.165, 1.54) is 0 Å². The highest BCUT2D eigenvalue weighted by Crippen LogP contribution is 2.15. The van der Waals surface area contributed by atoms with Crippen molar-refractivity contribution in [1.29, 1.82) is 0 Å². The second-order valence-corrected chi connectivity index (χ2v) is 7.95. The molecule has 0 radical (unpaired) electrons. The molecule has 0 rings (SSSR count). The molecule has 0 aromatic heterocycles. The Bertz CT molecular complexity index is 256. The fourth-order valence-electron chi connectivity index (χ4n) is 0.800. The molecule has 0 aromatic rings. The summed E-state index contributed by atoms with van der Waals surface area (Å²) >= 11 is 3.32. The normalized spacial score (nSPS) is 15.5. The van der Waals surface area contributed by atoms with E-state index in [0.717, 1.165) is 5.33 Å². The lowest BCUT2D eigenvalue weighted by atomic mass is 10.3. The van der Waals surface area contributed by atoms with Gasteiger partial charge in [-0.2, -0.15) is 0 Å². The van der Waals surface area contributed by atoms with E-state index in [0.29, 0.717) is 12.6 Å². The third-order valence-electron chi connectivity index (χ3n) is 2.03.